The Labute approximate surface area is 526 Å². The van der Waals surface area contributed by atoms with Crippen molar-refractivity contribution in [3.8, 4) is 92.0 Å². The second-order valence-corrected chi connectivity index (χ2v) is 24.2. The van der Waals surface area contributed by atoms with E-state index in [9.17, 15) is 0 Å². The van der Waals surface area contributed by atoms with E-state index in [1.54, 1.807) is 18.2 Å². The van der Waals surface area contributed by atoms with Crippen LogP contribution in [0.15, 0.2) is 257 Å². The fourth-order valence-corrected chi connectivity index (χ4v) is 12.6. The lowest BCUT2D eigenvalue weighted by molar-refractivity contribution is 0.127. The van der Waals surface area contributed by atoms with Crippen LogP contribution in [0.4, 0.5) is 0 Å². The zero-order chi connectivity index (χ0) is 62.1. The summed E-state index contributed by atoms with van der Waals surface area (Å²) in [4.78, 5) is 26.7. The summed E-state index contributed by atoms with van der Waals surface area (Å²) in [5.74, 6) is 6.66. The average molecular weight is 1190 g/mol. The third kappa shape index (κ3) is 13.7. The number of para-hydroxylation sites is 2. The van der Waals surface area contributed by atoms with E-state index in [2.05, 4.69) is 150 Å². The van der Waals surface area contributed by atoms with E-state index < -0.39 is 5.41 Å². The van der Waals surface area contributed by atoms with Gasteiger partial charge in [-0.2, -0.15) is 0 Å². The summed E-state index contributed by atoms with van der Waals surface area (Å²) in [5, 5.41) is 0. The summed E-state index contributed by atoms with van der Waals surface area (Å²) in [6, 6.07) is 70.5. The fourth-order valence-electron chi connectivity index (χ4n) is 12.6. The molecule has 0 radical (unpaired) electrons. The number of ether oxygens (including phenoxy) is 6. The van der Waals surface area contributed by atoms with Crippen molar-refractivity contribution in [1.82, 2.24) is 29.9 Å². The van der Waals surface area contributed by atoms with Gasteiger partial charge in [0.05, 0.1) is 18.2 Å². The topological polar surface area (TPSA) is 133 Å². The number of hydrogen-bond donors (Lipinski definition) is 0. The quantitative estimate of drug-likeness (QED) is 0.0598. The van der Waals surface area contributed by atoms with Crippen molar-refractivity contribution in [3.05, 3.63) is 290 Å². The highest BCUT2D eigenvalue weighted by molar-refractivity contribution is 5.72. The van der Waals surface area contributed by atoms with Gasteiger partial charge in [0, 0.05) is 22.0 Å². The summed E-state index contributed by atoms with van der Waals surface area (Å²) in [6.45, 7) is 19.7. The van der Waals surface area contributed by atoms with Gasteiger partial charge < -0.3 is 28.4 Å². The molecule has 0 N–H and O–H groups in total. The normalized spacial score (nSPS) is 15.2. The first-order chi connectivity index (χ1) is 43.8. The molecule has 1 fully saturated rings. The maximum atomic E-state index is 6.53. The molecule has 3 aromatic heterocycles. The monoisotopic (exact) mass is 1190 g/mol. The second-order valence-electron chi connectivity index (χ2n) is 24.2. The van der Waals surface area contributed by atoms with E-state index >= 15 is 0 Å². The molecule has 11 aromatic rings. The van der Waals surface area contributed by atoms with Crippen LogP contribution in [-0.4, -0.2) is 29.9 Å². The molecule has 2 unspecified atom stereocenters. The smallest absolute Gasteiger partial charge is 0.226 e. The zero-order valence-corrected chi connectivity index (χ0v) is 51.3. The molecule has 0 spiro atoms. The molecule has 1 aliphatic rings. The lowest BCUT2D eigenvalue weighted by atomic mass is 9.55. The lowest BCUT2D eigenvalue weighted by Crippen LogP contribution is -2.41. The van der Waals surface area contributed by atoms with Gasteiger partial charge in [-0.25, -0.2) is 29.9 Å². The molecule has 448 valence electrons. The van der Waals surface area contributed by atoms with Crippen LogP contribution in [0.3, 0.4) is 0 Å². The van der Waals surface area contributed by atoms with Gasteiger partial charge in [0.15, 0.2) is 0 Å². The van der Waals surface area contributed by atoms with Gasteiger partial charge in [0.1, 0.15) is 53.5 Å². The number of hydrogen-bond acceptors (Lipinski definition) is 12. The minimum Gasteiger partial charge on any atom is -0.439 e. The van der Waals surface area contributed by atoms with E-state index in [1.807, 2.05) is 133 Å². The van der Waals surface area contributed by atoms with Crippen LogP contribution in [0.25, 0.3) is 22.3 Å². The maximum Gasteiger partial charge on any atom is 0.226 e. The molecule has 12 heteroatoms. The Balaban J connectivity index is 0.720. The van der Waals surface area contributed by atoms with Crippen LogP contribution in [0.1, 0.15) is 87.3 Å². The van der Waals surface area contributed by atoms with Gasteiger partial charge in [0.25, 0.3) is 0 Å². The predicted octanol–water partition coefficient (Wildman–Crippen LogP) is 20.1. The third-order valence-electron chi connectivity index (χ3n) is 16.6. The first kappa shape index (κ1) is 59.6. The number of benzene rings is 8. The molecule has 1 aliphatic carbocycles. The molecule has 0 amide bonds. The average Bonchev–Trinajstić information content (AvgIpc) is 1.02. The Morgan fingerprint density at radius 3 is 1.18 bits per heavy atom. The first-order valence-corrected chi connectivity index (χ1v) is 30.3. The fraction of sp³-hybridized carbons (Fsp3) is 0.179. The number of nitrogens with zero attached hydrogens (tertiary/aromatic N) is 6. The van der Waals surface area contributed by atoms with E-state index in [0.717, 1.165) is 63.8 Å². The predicted molar refractivity (Wildman–Crippen MR) is 354 cm³/mol. The molecule has 1 saturated carbocycles. The van der Waals surface area contributed by atoms with Crippen molar-refractivity contribution in [2.75, 3.05) is 0 Å². The second kappa shape index (κ2) is 26.3. The minimum atomic E-state index is -0.431. The van der Waals surface area contributed by atoms with Crippen LogP contribution in [-0.2, 0) is 23.7 Å². The first-order valence-electron chi connectivity index (χ1n) is 30.3. The summed E-state index contributed by atoms with van der Waals surface area (Å²) in [7, 11) is 0. The SMILES string of the molecule is C=CCc1cc(C(C)(C)c2ccc(Oc3cc(Oc4ccccc4-c4ccccc4)ncn3)c(CC=C)c2)ccc1Oc1cc(Oc2ccc(C3(c4ccc(Oc5cc(Oc6ccccc6-c6ccccc6)ncn5)cc4)CC(C)CC(C)(C)C3)cc2)ncn1. The van der Waals surface area contributed by atoms with Gasteiger partial charge in [0.2, 0.25) is 35.3 Å². The Morgan fingerprint density at radius 2 is 0.789 bits per heavy atom. The Kier molecular flexibility index (Phi) is 17.4. The van der Waals surface area contributed by atoms with E-state index in [-0.39, 0.29) is 10.8 Å². The van der Waals surface area contributed by atoms with Crippen molar-refractivity contribution in [2.24, 2.45) is 11.3 Å². The molecule has 12 nitrogen and oxygen atoms in total. The Bertz CT molecular complexity index is 4310. The van der Waals surface area contributed by atoms with Crippen molar-refractivity contribution < 1.29 is 28.4 Å². The molecule has 90 heavy (non-hydrogen) atoms. The van der Waals surface area contributed by atoms with Crippen LogP contribution < -0.4 is 28.4 Å². The van der Waals surface area contributed by atoms with Crippen molar-refractivity contribution in [2.45, 2.75) is 77.6 Å². The van der Waals surface area contributed by atoms with E-state index in [4.69, 9.17) is 28.4 Å². The zero-order valence-electron chi connectivity index (χ0n) is 51.3. The number of allylic oxidation sites excluding steroid dienone is 2. The van der Waals surface area contributed by atoms with Gasteiger partial charge in [-0.3, -0.25) is 0 Å². The molecule has 8 aromatic carbocycles. The van der Waals surface area contributed by atoms with E-state index in [0.29, 0.717) is 88.5 Å². The number of rotatable bonds is 22. The molecule has 0 aliphatic heterocycles. The summed E-state index contributed by atoms with van der Waals surface area (Å²) >= 11 is 0. The van der Waals surface area contributed by atoms with Gasteiger partial charge in [-0.15, -0.1) is 13.2 Å². The highest BCUT2D eigenvalue weighted by atomic mass is 16.5. The standard InChI is InChI=1S/C78H70N6O6/c1-8-20-56-42-60(77(6,7)61-35-41-67(57(43-61)21-9-2)88-73-46-75(84-52-82-73)90-69-29-19-17-27-65(69)55-24-14-11-15-25-55)34-40-66(56)87-72-44-70(79-50-81-72)85-62-36-30-58(31-37-62)78(48-53(3)47-76(4,5)49-78)59-32-38-63(39-33-59)86-71-45-74(83-51-80-71)89-68-28-18-16-26-64(68)54-22-12-10-13-23-54/h8-19,22-46,50-53H,1-2,20-21,47-49H2,3-7H3. The van der Waals surface area contributed by atoms with Gasteiger partial charge >= 0.3 is 0 Å². The van der Waals surface area contributed by atoms with Crippen LogP contribution >= 0.6 is 0 Å². The molecule has 12 rings (SSSR count). The third-order valence-corrected chi connectivity index (χ3v) is 16.6. The van der Waals surface area contributed by atoms with Crippen LogP contribution in [0, 0.1) is 11.3 Å². The molecule has 0 bridgehead atoms. The summed E-state index contributed by atoms with van der Waals surface area (Å²) in [5.41, 5.74) is 9.94. The highest BCUT2D eigenvalue weighted by Crippen LogP contribution is 2.54. The lowest BCUT2D eigenvalue weighted by Gasteiger charge is -2.48. The van der Waals surface area contributed by atoms with Crippen molar-refractivity contribution in [1.29, 1.82) is 0 Å². The van der Waals surface area contributed by atoms with Crippen molar-refractivity contribution >= 4 is 0 Å². The molecular formula is C78H70N6O6. The molecule has 3 heterocycles. The summed E-state index contributed by atoms with van der Waals surface area (Å²) in [6.07, 6.45) is 12.4. The molecule has 2 atom stereocenters. The van der Waals surface area contributed by atoms with Gasteiger partial charge in [-0.1, -0.05) is 192 Å². The number of aromatic nitrogens is 6. The van der Waals surface area contributed by atoms with Crippen molar-refractivity contribution in [3.63, 3.8) is 0 Å². The maximum absolute atomic E-state index is 6.53. The molecular weight excluding hydrogens is 1120 g/mol. The summed E-state index contributed by atoms with van der Waals surface area (Å²) < 4.78 is 38.4. The highest BCUT2D eigenvalue weighted by Gasteiger charge is 2.45. The van der Waals surface area contributed by atoms with Crippen LogP contribution in [0.2, 0.25) is 0 Å². The minimum absolute atomic E-state index is 0.0943. The largest absolute Gasteiger partial charge is 0.439 e. The van der Waals surface area contributed by atoms with Crippen LogP contribution in [0.5, 0.6) is 69.8 Å². The Hall–Kier alpha value is -10.7. The molecule has 0 saturated heterocycles. The van der Waals surface area contributed by atoms with E-state index in [1.165, 1.54) is 30.1 Å². The Morgan fingerprint density at radius 1 is 0.422 bits per heavy atom. The van der Waals surface area contributed by atoms with Gasteiger partial charge in [-0.05, 0) is 136 Å².